The summed E-state index contributed by atoms with van der Waals surface area (Å²) in [5, 5.41) is 12.0. The molecule has 0 radical (unpaired) electrons. The quantitative estimate of drug-likeness (QED) is 0.738. The van der Waals surface area contributed by atoms with Gasteiger partial charge in [-0.15, -0.1) is 0 Å². The molecular formula is C15H11ClINO3. The Morgan fingerprint density at radius 1 is 1.19 bits per heavy atom. The van der Waals surface area contributed by atoms with E-state index in [-0.39, 0.29) is 11.5 Å². The highest BCUT2D eigenvalue weighted by molar-refractivity contribution is 14.1. The highest BCUT2D eigenvalue weighted by Crippen LogP contribution is 2.22. The Bertz CT molecular complexity index is 731. The molecule has 0 fully saturated rings. The zero-order chi connectivity index (χ0) is 15.6. The van der Waals surface area contributed by atoms with Gasteiger partial charge in [-0.1, -0.05) is 17.7 Å². The molecule has 4 nitrogen and oxygen atoms in total. The summed E-state index contributed by atoms with van der Waals surface area (Å²) in [6.45, 7) is 1.79. The molecule has 2 aromatic rings. The summed E-state index contributed by atoms with van der Waals surface area (Å²) < 4.78 is 0.887. The van der Waals surface area contributed by atoms with Crippen LogP contribution in [0.15, 0.2) is 36.4 Å². The topological polar surface area (TPSA) is 66.4 Å². The first kappa shape index (κ1) is 15.8. The highest BCUT2D eigenvalue weighted by Gasteiger charge is 2.13. The number of amides is 1. The van der Waals surface area contributed by atoms with Crippen LogP contribution < -0.4 is 5.32 Å². The minimum atomic E-state index is -1.04. The monoisotopic (exact) mass is 415 g/mol. The van der Waals surface area contributed by atoms with Gasteiger partial charge in [-0.3, -0.25) is 4.79 Å². The van der Waals surface area contributed by atoms with E-state index in [9.17, 15) is 9.59 Å². The third-order valence-electron chi connectivity index (χ3n) is 2.91. The highest BCUT2D eigenvalue weighted by atomic mass is 127. The molecule has 0 unspecified atom stereocenters. The second-order valence-electron chi connectivity index (χ2n) is 4.41. The molecule has 0 heterocycles. The molecule has 1 amide bonds. The van der Waals surface area contributed by atoms with Crippen LogP contribution in [0.1, 0.15) is 26.3 Å². The van der Waals surface area contributed by atoms with Gasteiger partial charge in [0.15, 0.2) is 0 Å². The summed E-state index contributed by atoms with van der Waals surface area (Å²) in [6.07, 6.45) is 0. The summed E-state index contributed by atoms with van der Waals surface area (Å²) in [5.41, 5.74) is 1.69. The van der Waals surface area contributed by atoms with Gasteiger partial charge >= 0.3 is 5.97 Å². The van der Waals surface area contributed by atoms with Crippen LogP contribution >= 0.6 is 34.2 Å². The molecule has 0 aliphatic carbocycles. The largest absolute Gasteiger partial charge is 0.478 e. The Morgan fingerprint density at radius 2 is 1.90 bits per heavy atom. The maximum Gasteiger partial charge on any atom is 0.335 e. The molecule has 6 heteroatoms. The number of carbonyl (C=O) groups is 2. The predicted molar refractivity (Wildman–Crippen MR) is 90.3 cm³/mol. The molecule has 2 N–H and O–H groups in total. The second-order valence-corrected chi connectivity index (χ2v) is 6.07. The molecule has 0 aliphatic heterocycles. The standard InChI is InChI=1S/C15H11ClINO3/c1-8-2-3-9(15(20)21)6-13(8)18-14(19)11-7-10(17)4-5-12(11)16/h2-7H,1H3,(H,18,19)(H,20,21). The number of nitrogens with one attached hydrogen (secondary N) is 1. The molecule has 2 aromatic carbocycles. The smallest absolute Gasteiger partial charge is 0.335 e. The number of rotatable bonds is 3. The summed E-state index contributed by atoms with van der Waals surface area (Å²) in [4.78, 5) is 23.3. The molecule has 2 rings (SSSR count). The van der Waals surface area contributed by atoms with Gasteiger partial charge in [0.1, 0.15) is 0 Å². The van der Waals surface area contributed by atoms with Crippen molar-refractivity contribution in [3.05, 3.63) is 61.7 Å². The van der Waals surface area contributed by atoms with Crippen molar-refractivity contribution in [3.63, 3.8) is 0 Å². The first-order valence-corrected chi connectivity index (χ1v) is 7.44. The van der Waals surface area contributed by atoms with Crippen LogP contribution in [0.2, 0.25) is 5.02 Å². The third kappa shape index (κ3) is 3.74. The Kier molecular flexibility index (Phi) is 4.84. The number of benzene rings is 2. The lowest BCUT2D eigenvalue weighted by molar-refractivity contribution is 0.0696. The SMILES string of the molecule is Cc1ccc(C(=O)O)cc1NC(=O)c1cc(I)ccc1Cl. The average molecular weight is 416 g/mol. The van der Waals surface area contributed by atoms with E-state index in [1.165, 1.54) is 12.1 Å². The van der Waals surface area contributed by atoms with Gasteiger partial charge in [0.05, 0.1) is 16.1 Å². The minimum Gasteiger partial charge on any atom is -0.478 e. The maximum atomic E-state index is 12.3. The van der Waals surface area contributed by atoms with Crippen LogP contribution in [-0.4, -0.2) is 17.0 Å². The second kappa shape index (κ2) is 6.44. The van der Waals surface area contributed by atoms with E-state index in [4.69, 9.17) is 16.7 Å². The van der Waals surface area contributed by atoms with E-state index in [2.05, 4.69) is 27.9 Å². The molecule has 108 valence electrons. The lowest BCUT2D eigenvalue weighted by Gasteiger charge is -2.10. The summed E-state index contributed by atoms with van der Waals surface area (Å²) in [6, 6.07) is 9.70. The van der Waals surface area contributed by atoms with Crippen molar-refractivity contribution in [3.8, 4) is 0 Å². The Labute approximate surface area is 140 Å². The molecule has 0 bridgehead atoms. The Balaban J connectivity index is 2.33. The number of carboxylic acid groups (broad SMARTS) is 1. The fraction of sp³-hybridized carbons (Fsp3) is 0.0667. The molecule has 0 aromatic heterocycles. The number of halogens is 2. The van der Waals surface area contributed by atoms with Crippen molar-refractivity contribution >= 4 is 51.8 Å². The van der Waals surface area contributed by atoms with E-state index in [1.54, 1.807) is 31.2 Å². The number of carbonyl (C=O) groups excluding carboxylic acids is 1. The van der Waals surface area contributed by atoms with E-state index in [0.717, 1.165) is 9.13 Å². The van der Waals surface area contributed by atoms with Crippen molar-refractivity contribution in [2.45, 2.75) is 6.92 Å². The van der Waals surface area contributed by atoms with Gasteiger partial charge < -0.3 is 10.4 Å². The van der Waals surface area contributed by atoms with E-state index in [1.807, 2.05) is 0 Å². The molecule has 0 spiro atoms. The average Bonchev–Trinajstić information content (AvgIpc) is 2.43. The van der Waals surface area contributed by atoms with Crippen molar-refractivity contribution in [1.29, 1.82) is 0 Å². The van der Waals surface area contributed by atoms with Crippen LogP contribution in [0.25, 0.3) is 0 Å². The number of aromatic carboxylic acids is 1. The molecular weight excluding hydrogens is 405 g/mol. The van der Waals surface area contributed by atoms with E-state index >= 15 is 0 Å². The van der Waals surface area contributed by atoms with Gasteiger partial charge in [0, 0.05) is 9.26 Å². The third-order valence-corrected chi connectivity index (χ3v) is 3.91. The van der Waals surface area contributed by atoms with Gasteiger partial charge in [-0.2, -0.15) is 0 Å². The molecule has 21 heavy (non-hydrogen) atoms. The number of carboxylic acids is 1. The van der Waals surface area contributed by atoms with Crippen LogP contribution in [0, 0.1) is 10.5 Å². The Morgan fingerprint density at radius 3 is 2.57 bits per heavy atom. The van der Waals surface area contributed by atoms with Gasteiger partial charge in [-0.05, 0) is 65.4 Å². The molecule has 0 saturated heterocycles. The molecule has 0 atom stereocenters. The number of anilines is 1. The number of aryl methyl sites for hydroxylation is 1. The summed E-state index contributed by atoms with van der Waals surface area (Å²) in [5.74, 6) is -1.41. The van der Waals surface area contributed by atoms with Crippen molar-refractivity contribution in [1.82, 2.24) is 0 Å². The lowest BCUT2D eigenvalue weighted by Crippen LogP contribution is -2.14. The molecule has 0 aliphatic rings. The zero-order valence-electron chi connectivity index (χ0n) is 11.0. The van der Waals surface area contributed by atoms with Crippen LogP contribution in [0.4, 0.5) is 5.69 Å². The zero-order valence-corrected chi connectivity index (χ0v) is 13.9. The normalized spacial score (nSPS) is 10.2. The lowest BCUT2D eigenvalue weighted by atomic mass is 10.1. The van der Waals surface area contributed by atoms with Crippen LogP contribution in [0.3, 0.4) is 0 Å². The van der Waals surface area contributed by atoms with E-state index in [0.29, 0.717) is 16.3 Å². The fourth-order valence-corrected chi connectivity index (χ4v) is 2.45. The molecule has 0 saturated carbocycles. The maximum absolute atomic E-state index is 12.3. The number of hydrogen-bond donors (Lipinski definition) is 2. The van der Waals surface area contributed by atoms with Crippen molar-refractivity contribution in [2.75, 3.05) is 5.32 Å². The van der Waals surface area contributed by atoms with Gasteiger partial charge in [-0.25, -0.2) is 4.79 Å². The fourth-order valence-electron chi connectivity index (χ4n) is 1.75. The first-order valence-electron chi connectivity index (χ1n) is 5.99. The minimum absolute atomic E-state index is 0.115. The van der Waals surface area contributed by atoms with Gasteiger partial charge in [0.25, 0.3) is 5.91 Å². The first-order chi connectivity index (χ1) is 9.88. The van der Waals surface area contributed by atoms with Crippen molar-refractivity contribution < 1.29 is 14.7 Å². The summed E-state index contributed by atoms with van der Waals surface area (Å²) >= 11 is 8.11. The van der Waals surface area contributed by atoms with Crippen LogP contribution in [-0.2, 0) is 0 Å². The Hall–Kier alpha value is -1.60. The van der Waals surface area contributed by atoms with E-state index < -0.39 is 5.97 Å². The number of hydrogen-bond acceptors (Lipinski definition) is 2. The predicted octanol–water partition coefficient (Wildman–Crippen LogP) is 4.20. The van der Waals surface area contributed by atoms with Crippen LogP contribution in [0.5, 0.6) is 0 Å². The van der Waals surface area contributed by atoms with Gasteiger partial charge in [0.2, 0.25) is 0 Å². The summed E-state index contributed by atoms with van der Waals surface area (Å²) in [7, 11) is 0. The van der Waals surface area contributed by atoms with Crippen molar-refractivity contribution in [2.24, 2.45) is 0 Å².